The summed E-state index contributed by atoms with van der Waals surface area (Å²) in [6.07, 6.45) is 0. The normalized spacial score (nSPS) is 12.7. The molecule has 0 N–H and O–H groups in total. The molecule has 0 saturated heterocycles. The van der Waals surface area contributed by atoms with Gasteiger partial charge in [-0.15, -0.1) is 0 Å². The van der Waals surface area contributed by atoms with Crippen LogP contribution in [0.2, 0.25) is 0 Å². The quantitative estimate of drug-likeness (QED) is 0.391. The maximum Gasteiger partial charge on any atom is 0.380 e. The van der Waals surface area contributed by atoms with Crippen LogP contribution >= 0.6 is 0 Å². The Balaban J connectivity index is 2.57. The van der Waals surface area contributed by atoms with E-state index in [1.165, 1.54) is 0 Å². The van der Waals surface area contributed by atoms with Gasteiger partial charge in [0.1, 0.15) is 0 Å². The summed E-state index contributed by atoms with van der Waals surface area (Å²) in [6, 6.07) is 3.50. The molecule has 0 radical (unpaired) electrons. The van der Waals surface area contributed by atoms with Gasteiger partial charge in [-0.05, 0) is 0 Å². The molecule has 0 amide bonds. The zero-order valence-corrected chi connectivity index (χ0v) is 12.9. The van der Waals surface area contributed by atoms with Gasteiger partial charge in [-0.2, -0.15) is 26.3 Å². The average Bonchev–Trinajstić information content (AvgIpc) is 2.61. The smallest absolute Gasteiger partial charge is 0.258 e. The fourth-order valence-electron chi connectivity index (χ4n) is 2.19. The van der Waals surface area contributed by atoms with Gasteiger partial charge in [-0.1, -0.05) is 24.3 Å². The summed E-state index contributed by atoms with van der Waals surface area (Å²) in [6.45, 7) is 0. The van der Waals surface area contributed by atoms with Crippen LogP contribution in [0, 0.1) is 20.2 Å². The summed E-state index contributed by atoms with van der Waals surface area (Å²) in [5, 5.41) is 21.2. The van der Waals surface area contributed by atoms with E-state index in [0.29, 0.717) is 24.3 Å². The highest BCUT2D eigenvalue weighted by Gasteiger charge is 2.72. The number of hydrogen-bond acceptors (Lipinski definition) is 4. The number of halogens is 6. The molecule has 0 saturated carbocycles. The Labute approximate surface area is 146 Å². The number of nitro benzene ring substituents is 2. The number of alkyl halides is 6. The highest BCUT2D eigenvalue weighted by Crippen LogP contribution is 2.55. The van der Waals surface area contributed by atoms with E-state index in [-0.39, 0.29) is 12.1 Å². The standard InChI is InChI=1S/C15H8F6N2O4/c16-13(17,9-3-1-5-11(7-9)22(24)25)15(20,21)14(18,19)10-4-2-6-12(8-10)23(26)27/h1-8H. The zero-order chi connectivity index (χ0) is 20.6. The summed E-state index contributed by atoms with van der Waals surface area (Å²) in [5.41, 5.74) is -5.40. The molecule has 6 nitrogen and oxygen atoms in total. The van der Waals surface area contributed by atoms with Crippen LogP contribution in [0.4, 0.5) is 37.7 Å². The highest BCUT2D eigenvalue weighted by molar-refractivity contribution is 5.40. The van der Waals surface area contributed by atoms with E-state index in [9.17, 15) is 46.6 Å². The molecule has 0 aliphatic carbocycles. The first-order valence-corrected chi connectivity index (χ1v) is 6.95. The predicted molar refractivity (Wildman–Crippen MR) is 78.9 cm³/mol. The molecule has 0 aliphatic rings. The summed E-state index contributed by atoms with van der Waals surface area (Å²) in [5.74, 6) is -17.1. The van der Waals surface area contributed by atoms with E-state index < -0.39 is 50.1 Å². The van der Waals surface area contributed by atoms with Crippen molar-refractivity contribution in [3.63, 3.8) is 0 Å². The van der Waals surface area contributed by atoms with Crippen LogP contribution in [0.5, 0.6) is 0 Å². The fourth-order valence-corrected chi connectivity index (χ4v) is 2.19. The lowest BCUT2D eigenvalue weighted by Crippen LogP contribution is -2.50. The van der Waals surface area contributed by atoms with E-state index in [0.717, 1.165) is 12.1 Å². The van der Waals surface area contributed by atoms with Gasteiger partial charge in [0.05, 0.1) is 9.85 Å². The summed E-state index contributed by atoms with van der Waals surface area (Å²) < 4.78 is 85.3. The third-order valence-corrected chi connectivity index (χ3v) is 3.63. The number of rotatable bonds is 6. The van der Waals surface area contributed by atoms with Crippen molar-refractivity contribution in [2.24, 2.45) is 0 Å². The van der Waals surface area contributed by atoms with Gasteiger partial charge in [-0.3, -0.25) is 20.2 Å². The van der Waals surface area contributed by atoms with Crippen molar-refractivity contribution in [3.05, 3.63) is 79.9 Å². The van der Waals surface area contributed by atoms with E-state index in [4.69, 9.17) is 0 Å². The van der Waals surface area contributed by atoms with E-state index in [1.54, 1.807) is 0 Å². The van der Waals surface area contributed by atoms with Crippen molar-refractivity contribution < 1.29 is 36.2 Å². The zero-order valence-electron chi connectivity index (χ0n) is 12.9. The van der Waals surface area contributed by atoms with Crippen LogP contribution in [-0.2, 0) is 11.8 Å². The Kier molecular flexibility index (Phi) is 4.86. The van der Waals surface area contributed by atoms with E-state index in [2.05, 4.69) is 0 Å². The van der Waals surface area contributed by atoms with Gasteiger partial charge in [0, 0.05) is 35.4 Å². The molecule has 2 aromatic carbocycles. The summed E-state index contributed by atoms with van der Waals surface area (Å²) in [4.78, 5) is 18.9. The maximum absolute atomic E-state index is 14.2. The van der Waals surface area contributed by atoms with Crippen LogP contribution in [0.15, 0.2) is 48.5 Å². The Bertz CT molecular complexity index is 832. The number of nitro groups is 2. The van der Waals surface area contributed by atoms with Crippen LogP contribution < -0.4 is 0 Å². The van der Waals surface area contributed by atoms with Crippen molar-refractivity contribution in [2.75, 3.05) is 0 Å². The Hall–Kier alpha value is -3.18. The largest absolute Gasteiger partial charge is 0.380 e. The molecule has 2 rings (SSSR count). The Morgan fingerprint density at radius 3 is 1.30 bits per heavy atom. The first-order valence-electron chi connectivity index (χ1n) is 6.95. The molecular formula is C15H8F6N2O4. The third kappa shape index (κ3) is 3.29. The first-order chi connectivity index (χ1) is 12.3. The molecule has 2 aromatic rings. The van der Waals surface area contributed by atoms with E-state index in [1.807, 2.05) is 0 Å². The van der Waals surface area contributed by atoms with Crippen molar-refractivity contribution in [2.45, 2.75) is 17.8 Å². The van der Waals surface area contributed by atoms with Crippen molar-refractivity contribution in [3.8, 4) is 0 Å². The summed E-state index contributed by atoms with van der Waals surface area (Å²) >= 11 is 0. The second kappa shape index (κ2) is 6.52. The van der Waals surface area contributed by atoms with Gasteiger partial charge < -0.3 is 0 Å². The van der Waals surface area contributed by atoms with Crippen LogP contribution in [0.1, 0.15) is 11.1 Å². The number of non-ortho nitro benzene ring substituents is 2. The van der Waals surface area contributed by atoms with Gasteiger partial charge >= 0.3 is 17.8 Å². The lowest BCUT2D eigenvalue weighted by Gasteiger charge is -2.33. The average molecular weight is 394 g/mol. The molecule has 0 bridgehead atoms. The van der Waals surface area contributed by atoms with Crippen LogP contribution in [-0.4, -0.2) is 15.8 Å². The molecule has 27 heavy (non-hydrogen) atoms. The molecular weight excluding hydrogens is 386 g/mol. The Morgan fingerprint density at radius 2 is 1.00 bits per heavy atom. The molecule has 0 spiro atoms. The fraction of sp³-hybridized carbons (Fsp3) is 0.200. The topological polar surface area (TPSA) is 86.3 Å². The number of nitrogens with zero attached hydrogens (tertiary/aromatic N) is 2. The van der Waals surface area contributed by atoms with Gasteiger partial charge in [-0.25, -0.2) is 0 Å². The van der Waals surface area contributed by atoms with Crippen molar-refractivity contribution in [1.82, 2.24) is 0 Å². The highest BCUT2D eigenvalue weighted by atomic mass is 19.3. The number of hydrogen-bond donors (Lipinski definition) is 0. The lowest BCUT2D eigenvalue weighted by molar-refractivity contribution is -0.385. The van der Waals surface area contributed by atoms with Crippen molar-refractivity contribution >= 4 is 11.4 Å². The monoisotopic (exact) mass is 394 g/mol. The van der Waals surface area contributed by atoms with E-state index >= 15 is 0 Å². The van der Waals surface area contributed by atoms with Crippen LogP contribution in [0.3, 0.4) is 0 Å². The maximum atomic E-state index is 14.2. The molecule has 0 unspecified atom stereocenters. The lowest BCUT2D eigenvalue weighted by atomic mass is 9.92. The van der Waals surface area contributed by atoms with Gasteiger partial charge in [0.25, 0.3) is 11.4 Å². The Morgan fingerprint density at radius 1 is 0.667 bits per heavy atom. The molecule has 0 aliphatic heterocycles. The van der Waals surface area contributed by atoms with Gasteiger partial charge in [0.2, 0.25) is 0 Å². The minimum Gasteiger partial charge on any atom is -0.258 e. The van der Waals surface area contributed by atoms with Crippen LogP contribution in [0.25, 0.3) is 0 Å². The molecule has 0 atom stereocenters. The minimum absolute atomic E-state index is 0.0530. The van der Waals surface area contributed by atoms with Crippen molar-refractivity contribution in [1.29, 1.82) is 0 Å². The SMILES string of the molecule is O=[N+]([O-])c1cccc(C(F)(F)C(F)(F)C(F)(F)c2cccc([N+](=O)[O-])c2)c1. The predicted octanol–water partition coefficient (Wildman–Crippen LogP) is 5.02. The summed E-state index contributed by atoms with van der Waals surface area (Å²) in [7, 11) is 0. The first kappa shape index (κ1) is 20.1. The molecule has 0 aromatic heterocycles. The third-order valence-electron chi connectivity index (χ3n) is 3.63. The second-order valence-corrected chi connectivity index (χ2v) is 5.34. The minimum atomic E-state index is -6.05. The number of benzene rings is 2. The molecule has 0 heterocycles. The van der Waals surface area contributed by atoms with Gasteiger partial charge in [0.15, 0.2) is 0 Å². The molecule has 12 heteroatoms. The second-order valence-electron chi connectivity index (χ2n) is 5.34. The molecule has 144 valence electrons. The molecule has 0 fully saturated rings.